The number of hydrogen-bond acceptors (Lipinski definition) is 6. The minimum absolute atomic E-state index is 0. The maximum Gasteiger partial charge on any atom is 0.287 e. The molecule has 7 nitrogen and oxygen atoms in total. The number of rotatable bonds is 5. The molecule has 0 radical (unpaired) electrons. The molecule has 29 heavy (non-hydrogen) atoms. The number of morpholine rings is 1. The predicted octanol–water partition coefficient (Wildman–Crippen LogP) is 3.26. The number of amides is 1. The highest BCUT2D eigenvalue weighted by Gasteiger charge is 2.26. The maximum absolute atomic E-state index is 12.6. The molecule has 1 saturated heterocycles. The topological polar surface area (TPSA) is 84.9 Å². The number of fused-ring (bicyclic) bond motifs is 1. The molecule has 1 aliphatic heterocycles. The van der Waals surface area contributed by atoms with E-state index in [4.69, 9.17) is 25.2 Å². The Hall–Kier alpha value is -2.32. The van der Waals surface area contributed by atoms with Crippen molar-refractivity contribution in [2.45, 2.75) is 6.04 Å². The monoisotopic (exact) mass is 438 g/mol. The van der Waals surface area contributed by atoms with Crippen LogP contribution in [0.2, 0.25) is 5.02 Å². The van der Waals surface area contributed by atoms with E-state index in [1.165, 1.54) is 12.1 Å². The molecule has 0 spiro atoms. The summed E-state index contributed by atoms with van der Waals surface area (Å²) in [6, 6.07) is 9.47. The zero-order valence-electron chi connectivity index (χ0n) is 15.4. The van der Waals surface area contributed by atoms with Gasteiger partial charge in [0.25, 0.3) is 5.91 Å². The van der Waals surface area contributed by atoms with Crippen molar-refractivity contribution in [3.63, 3.8) is 0 Å². The van der Waals surface area contributed by atoms with Gasteiger partial charge in [-0.2, -0.15) is 0 Å². The third-order valence-corrected chi connectivity index (χ3v) is 4.96. The normalized spacial score (nSPS) is 15.6. The fourth-order valence-electron chi connectivity index (χ4n) is 3.30. The van der Waals surface area contributed by atoms with Crippen molar-refractivity contribution >= 4 is 40.9 Å². The summed E-state index contributed by atoms with van der Waals surface area (Å²) in [5.74, 6) is 0.260. The van der Waals surface area contributed by atoms with E-state index in [-0.39, 0.29) is 29.6 Å². The van der Waals surface area contributed by atoms with Gasteiger partial charge >= 0.3 is 0 Å². The van der Waals surface area contributed by atoms with Crippen molar-refractivity contribution in [3.8, 4) is 0 Å². The summed E-state index contributed by atoms with van der Waals surface area (Å²) >= 11 is 5.92. The Morgan fingerprint density at radius 1 is 1.21 bits per heavy atom. The van der Waals surface area contributed by atoms with Gasteiger partial charge in [-0.25, -0.2) is 0 Å². The summed E-state index contributed by atoms with van der Waals surface area (Å²) in [6.07, 6.45) is 1.61. The molecule has 3 heterocycles. The van der Waals surface area contributed by atoms with Gasteiger partial charge in [0.15, 0.2) is 11.2 Å². The van der Waals surface area contributed by atoms with Crippen LogP contribution in [0.15, 0.2) is 56.3 Å². The lowest BCUT2D eigenvalue weighted by atomic mass is 10.1. The zero-order chi connectivity index (χ0) is 19.5. The molecule has 1 aromatic carbocycles. The molecule has 1 unspecified atom stereocenters. The van der Waals surface area contributed by atoms with Crippen molar-refractivity contribution in [2.75, 3.05) is 32.8 Å². The van der Waals surface area contributed by atoms with Crippen LogP contribution in [-0.2, 0) is 4.74 Å². The van der Waals surface area contributed by atoms with E-state index in [1.807, 2.05) is 12.1 Å². The number of ether oxygens (including phenoxy) is 1. The van der Waals surface area contributed by atoms with Crippen LogP contribution in [0.5, 0.6) is 0 Å². The highest BCUT2D eigenvalue weighted by Crippen LogP contribution is 2.22. The molecule has 3 aromatic rings. The Morgan fingerprint density at radius 2 is 2.00 bits per heavy atom. The van der Waals surface area contributed by atoms with Crippen molar-refractivity contribution in [1.29, 1.82) is 0 Å². The highest BCUT2D eigenvalue weighted by molar-refractivity contribution is 6.31. The number of halogens is 2. The minimum atomic E-state index is -0.459. The second kappa shape index (κ2) is 9.45. The number of benzene rings is 1. The van der Waals surface area contributed by atoms with Gasteiger partial charge in [-0.3, -0.25) is 14.5 Å². The van der Waals surface area contributed by atoms with Crippen LogP contribution >= 0.6 is 24.0 Å². The summed E-state index contributed by atoms with van der Waals surface area (Å²) in [5.41, 5.74) is 0.00229. The molecule has 154 valence electrons. The Morgan fingerprint density at radius 3 is 2.72 bits per heavy atom. The van der Waals surface area contributed by atoms with E-state index >= 15 is 0 Å². The SMILES string of the molecule is Cl.O=C(NCC(c1ccco1)N1CCOCC1)c1cc(=O)c2cc(Cl)ccc2o1. The fourth-order valence-corrected chi connectivity index (χ4v) is 3.47. The van der Waals surface area contributed by atoms with Crippen LogP contribution in [0.3, 0.4) is 0 Å². The number of nitrogens with zero attached hydrogens (tertiary/aromatic N) is 1. The molecule has 0 aliphatic carbocycles. The van der Waals surface area contributed by atoms with Crippen LogP contribution in [0.25, 0.3) is 11.0 Å². The number of hydrogen-bond donors (Lipinski definition) is 1. The molecule has 9 heteroatoms. The van der Waals surface area contributed by atoms with Crippen molar-refractivity contribution in [3.05, 3.63) is 69.4 Å². The lowest BCUT2D eigenvalue weighted by Crippen LogP contribution is -2.43. The fraction of sp³-hybridized carbons (Fsp3) is 0.300. The van der Waals surface area contributed by atoms with Gasteiger partial charge in [0.1, 0.15) is 11.3 Å². The molecular formula is C20H20Cl2N2O5. The summed E-state index contributed by atoms with van der Waals surface area (Å²) in [4.78, 5) is 27.1. The average molecular weight is 439 g/mol. The first-order valence-electron chi connectivity index (χ1n) is 8.98. The molecule has 2 aromatic heterocycles. The largest absolute Gasteiger partial charge is 0.468 e. The third-order valence-electron chi connectivity index (χ3n) is 4.73. The Balaban J connectivity index is 0.00000240. The van der Waals surface area contributed by atoms with Crippen LogP contribution in [0, 0.1) is 0 Å². The number of carbonyl (C=O) groups excluding carboxylic acids is 1. The smallest absolute Gasteiger partial charge is 0.287 e. The zero-order valence-corrected chi connectivity index (χ0v) is 17.0. The first-order chi connectivity index (χ1) is 13.6. The first kappa shape index (κ1) is 21.4. The second-order valence-corrected chi connectivity index (χ2v) is 6.94. The van der Waals surface area contributed by atoms with Gasteiger partial charge < -0.3 is 18.9 Å². The minimum Gasteiger partial charge on any atom is -0.468 e. The molecule has 4 rings (SSSR count). The van der Waals surface area contributed by atoms with Crippen molar-refractivity contribution < 1.29 is 18.4 Å². The van der Waals surface area contributed by atoms with E-state index in [0.717, 1.165) is 18.8 Å². The molecule has 0 saturated carbocycles. The summed E-state index contributed by atoms with van der Waals surface area (Å²) in [7, 11) is 0. The Bertz CT molecular complexity index is 1030. The van der Waals surface area contributed by atoms with Crippen LogP contribution in [0.4, 0.5) is 0 Å². The molecule has 1 atom stereocenters. The lowest BCUT2D eigenvalue weighted by Gasteiger charge is -2.33. The van der Waals surface area contributed by atoms with Crippen LogP contribution < -0.4 is 10.7 Å². The summed E-state index contributed by atoms with van der Waals surface area (Å²) < 4.78 is 16.6. The van der Waals surface area contributed by atoms with Crippen molar-refractivity contribution in [1.82, 2.24) is 10.2 Å². The second-order valence-electron chi connectivity index (χ2n) is 6.50. The molecule has 0 bridgehead atoms. The third kappa shape index (κ3) is 4.82. The Labute approximate surface area is 178 Å². The Kier molecular flexibility index (Phi) is 6.97. The maximum atomic E-state index is 12.6. The van der Waals surface area contributed by atoms with E-state index in [0.29, 0.717) is 35.8 Å². The molecular weight excluding hydrogens is 419 g/mol. The number of carbonyl (C=O) groups is 1. The molecule has 1 N–H and O–H groups in total. The lowest BCUT2D eigenvalue weighted by molar-refractivity contribution is 0.0117. The van der Waals surface area contributed by atoms with Crippen molar-refractivity contribution in [2.24, 2.45) is 0 Å². The van der Waals surface area contributed by atoms with E-state index in [2.05, 4.69) is 10.2 Å². The van der Waals surface area contributed by atoms with Gasteiger partial charge in [0.05, 0.1) is 30.9 Å². The van der Waals surface area contributed by atoms with Gasteiger partial charge in [0.2, 0.25) is 0 Å². The number of nitrogens with one attached hydrogen (secondary N) is 1. The van der Waals surface area contributed by atoms with Gasteiger partial charge in [0, 0.05) is 30.7 Å². The highest BCUT2D eigenvalue weighted by atomic mass is 35.5. The molecule has 1 amide bonds. The first-order valence-corrected chi connectivity index (χ1v) is 9.36. The number of furan rings is 1. The van der Waals surface area contributed by atoms with Crippen LogP contribution in [-0.4, -0.2) is 43.7 Å². The van der Waals surface area contributed by atoms with E-state index < -0.39 is 5.91 Å². The standard InChI is InChI=1S/C20H19ClN2O5.ClH/c21-13-3-4-17-14(10-13)16(24)11-19(28-17)20(25)22-12-15(18-2-1-7-27-18)23-5-8-26-9-6-23;/h1-4,7,10-11,15H,5-6,8-9,12H2,(H,22,25);1H. The summed E-state index contributed by atoms with van der Waals surface area (Å²) in [5, 5.41) is 3.62. The van der Waals surface area contributed by atoms with E-state index in [9.17, 15) is 9.59 Å². The molecule has 1 fully saturated rings. The van der Waals surface area contributed by atoms with Gasteiger partial charge in [-0.1, -0.05) is 11.6 Å². The average Bonchev–Trinajstić information content (AvgIpc) is 3.24. The van der Waals surface area contributed by atoms with E-state index in [1.54, 1.807) is 18.4 Å². The van der Waals surface area contributed by atoms with Gasteiger partial charge in [-0.15, -0.1) is 12.4 Å². The summed E-state index contributed by atoms with van der Waals surface area (Å²) in [6.45, 7) is 3.06. The quantitative estimate of drug-likeness (QED) is 0.657. The predicted molar refractivity (Wildman–Crippen MR) is 111 cm³/mol. The van der Waals surface area contributed by atoms with Crippen LogP contribution in [0.1, 0.15) is 22.4 Å². The molecule has 1 aliphatic rings. The van der Waals surface area contributed by atoms with Gasteiger partial charge in [-0.05, 0) is 30.3 Å².